The molecule has 84 valence electrons. The van der Waals surface area contributed by atoms with Crippen LogP contribution in [-0.4, -0.2) is 21.1 Å². The quantitative estimate of drug-likeness (QED) is 0.850. The van der Waals surface area contributed by atoms with Crippen molar-refractivity contribution in [1.82, 2.24) is 19.9 Å². The summed E-state index contributed by atoms with van der Waals surface area (Å²) in [5.74, 6) is 0. The normalized spacial score (nSPS) is 10.6. The van der Waals surface area contributed by atoms with E-state index < -0.39 is 0 Å². The molecular weight excluding hydrogens is 268 g/mol. The second-order valence-electron chi connectivity index (χ2n) is 3.45. The summed E-state index contributed by atoms with van der Waals surface area (Å²) < 4.78 is 3.05. The largest absolute Gasteiger partial charge is 0.336 e. The number of pyridine rings is 1. The van der Waals surface area contributed by atoms with Gasteiger partial charge in [-0.1, -0.05) is 0 Å². The van der Waals surface area contributed by atoms with Crippen molar-refractivity contribution in [1.29, 1.82) is 0 Å². The lowest BCUT2D eigenvalue weighted by Gasteiger charge is -2.04. The van der Waals surface area contributed by atoms with Crippen LogP contribution in [0.3, 0.4) is 0 Å². The summed E-state index contributed by atoms with van der Waals surface area (Å²) in [5, 5.41) is 3.33. The first-order valence-corrected chi connectivity index (χ1v) is 5.91. The highest BCUT2D eigenvalue weighted by Crippen LogP contribution is 2.06. The number of hydrogen-bond donors (Lipinski definition) is 1. The molecule has 5 heteroatoms. The molecule has 0 aromatic carbocycles. The van der Waals surface area contributed by atoms with Crippen LogP contribution in [0.25, 0.3) is 0 Å². The second kappa shape index (κ2) is 5.77. The Labute approximate surface area is 103 Å². The van der Waals surface area contributed by atoms with E-state index in [1.165, 1.54) is 0 Å². The molecular formula is C11H13BrN4. The highest BCUT2D eigenvalue weighted by atomic mass is 79.9. The van der Waals surface area contributed by atoms with E-state index >= 15 is 0 Å². The fraction of sp³-hybridized carbons (Fsp3) is 0.273. The van der Waals surface area contributed by atoms with Crippen LogP contribution in [0.15, 0.2) is 41.5 Å². The Morgan fingerprint density at radius 2 is 2.31 bits per heavy atom. The summed E-state index contributed by atoms with van der Waals surface area (Å²) in [7, 11) is 0. The molecule has 2 heterocycles. The highest BCUT2D eigenvalue weighted by Gasteiger charge is 1.94. The van der Waals surface area contributed by atoms with Crippen molar-refractivity contribution < 1.29 is 0 Å². The Bertz CT molecular complexity index is 410. The van der Waals surface area contributed by atoms with E-state index in [0.717, 1.165) is 29.8 Å². The molecule has 2 aromatic heterocycles. The summed E-state index contributed by atoms with van der Waals surface area (Å²) in [6.45, 7) is 2.63. The predicted molar refractivity (Wildman–Crippen MR) is 65.9 cm³/mol. The minimum atomic E-state index is 0.794. The molecule has 0 bridgehead atoms. The Morgan fingerprint density at radius 1 is 1.38 bits per heavy atom. The highest BCUT2D eigenvalue weighted by molar-refractivity contribution is 9.10. The fourth-order valence-corrected chi connectivity index (χ4v) is 1.59. The zero-order valence-corrected chi connectivity index (χ0v) is 10.4. The molecule has 0 atom stereocenters. The van der Waals surface area contributed by atoms with Gasteiger partial charge >= 0.3 is 0 Å². The average molecular weight is 281 g/mol. The fourth-order valence-electron chi connectivity index (χ4n) is 1.35. The van der Waals surface area contributed by atoms with Crippen molar-refractivity contribution in [2.45, 2.75) is 13.1 Å². The van der Waals surface area contributed by atoms with Gasteiger partial charge in [0.05, 0.1) is 12.0 Å². The Morgan fingerprint density at radius 3 is 3.00 bits per heavy atom. The van der Waals surface area contributed by atoms with Gasteiger partial charge in [-0.25, -0.2) is 4.98 Å². The Balaban J connectivity index is 1.70. The molecule has 0 amide bonds. The number of nitrogens with one attached hydrogen (secondary N) is 1. The Kier molecular flexibility index (Phi) is 4.07. The van der Waals surface area contributed by atoms with Gasteiger partial charge < -0.3 is 9.88 Å². The molecule has 0 spiro atoms. The summed E-state index contributed by atoms with van der Waals surface area (Å²) in [5.41, 5.74) is 1.05. The molecule has 0 unspecified atom stereocenters. The van der Waals surface area contributed by atoms with E-state index in [4.69, 9.17) is 0 Å². The monoisotopic (exact) mass is 280 g/mol. The van der Waals surface area contributed by atoms with Crippen molar-refractivity contribution in [3.05, 3.63) is 47.2 Å². The third-order valence-electron chi connectivity index (χ3n) is 2.20. The maximum absolute atomic E-state index is 4.28. The van der Waals surface area contributed by atoms with Crippen LogP contribution < -0.4 is 5.32 Å². The second-order valence-corrected chi connectivity index (χ2v) is 4.36. The maximum Gasteiger partial charge on any atom is 0.0946 e. The van der Waals surface area contributed by atoms with Crippen LogP contribution in [0.1, 0.15) is 5.69 Å². The molecule has 1 N–H and O–H groups in total. The smallest absolute Gasteiger partial charge is 0.0946 e. The van der Waals surface area contributed by atoms with E-state index in [1.807, 2.05) is 35.4 Å². The molecule has 2 aromatic rings. The topological polar surface area (TPSA) is 42.7 Å². The average Bonchev–Trinajstić information content (AvgIpc) is 2.80. The van der Waals surface area contributed by atoms with Crippen molar-refractivity contribution >= 4 is 15.9 Å². The number of hydrogen-bond acceptors (Lipinski definition) is 3. The molecule has 0 aliphatic carbocycles. The van der Waals surface area contributed by atoms with Crippen molar-refractivity contribution in [2.24, 2.45) is 0 Å². The number of nitrogens with zero attached hydrogens (tertiary/aromatic N) is 3. The van der Waals surface area contributed by atoms with Crippen molar-refractivity contribution in [2.75, 3.05) is 6.54 Å². The third-order valence-corrected chi connectivity index (χ3v) is 2.67. The molecule has 0 aliphatic heterocycles. The summed E-state index contributed by atoms with van der Waals surface area (Å²) in [6, 6.07) is 4.01. The molecule has 0 fully saturated rings. The van der Waals surface area contributed by atoms with Gasteiger partial charge in [-0.15, -0.1) is 0 Å². The van der Waals surface area contributed by atoms with Crippen molar-refractivity contribution in [3.8, 4) is 0 Å². The van der Waals surface area contributed by atoms with E-state index in [0.29, 0.717) is 0 Å². The number of imidazole rings is 1. The van der Waals surface area contributed by atoms with Crippen molar-refractivity contribution in [3.63, 3.8) is 0 Å². The van der Waals surface area contributed by atoms with Gasteiger partial charge in [-0.05, 0) is 28.1 Å². The standard InChI is InChI=1S/C11H13BrN4/c12-10-1-2-11(15-7-10)8-13-3-5-16-6-4-14-9-16/h1-2,4,6-7,9,13H,3,5,8H2. The van der Waals surface area contributed by atoms with E-state index in [-0.39, 0.29) is 0 Å². The van der Waals surface area contributed by atoms with Crippen LogP contribution in [-0.2, 0) is 13.1 Å². The molecule has 0 radical (unpaired) electrons. The van der Waals surface area contributed by atoms with Gasteiger partial charge in [0.1, 0.15) is 0 Å². The number of aromatic nitrogens is 3. The van der Waals surface area contributed by atoms with E-state index in [2.05, 4.69) is 31.2 Å². The number of rotatable bonds is 5. The molecule has 16 heavy (non-hydrogen) atoms. The van der Waals surface area contributed by atoms with E-state index in [9.17, 15) is 0 Å². The maximum atomic E-state index is 4.28. The van der Waals surface area contributed by atoms with Gasteiger partial charge in [0, 0.05) is 42.7 Å². The first kappa shape index (κ1) is 11.3. The number of halogens is 1. The Hall–Kier alpha value is -1.20. The third kappa shape index (κ3) is 3.43. The van der Waals surface area contributed by atoms with Crippen LogP contribution in [0.5, 0.6) is 0 Å². The summed E-state index contributed by atoms with van der Waals surface area (Å²) >= 11 is 3.36. The van der Waals surface area contributed by atoms with Crippen LogP contribution in [0.2, 0.25) is 0 Å². The van der Waals surface area contributed by atoms with Crippen LogP contribution in [0, 0.1) is 0 Å². The summed E-state index contributed by atoms with van der Waals surface area (Å²) in [6.07, 6.45) is 7.38. The SMILES string of the molecule is Brc1ccc(CNCCn2ccnc2)nc1. The first-order valence-electron chi connectivity index (χ1n) is 5.11. The lowest BCUT2D eigenvalue weighted by molar-refractivity contribution is 0.592. The van der Waals surface area contributed by atoms with E-state index in [1.54, 1.807) is 6.20 Å². The lowest BCUT2D eigenvalue weighted by atomic mass is 10.3. The molecule has 0 saturated carbocycles. The minimum Gasteiger partial charge on any atom is -0.336 e. The van der Waals surface area contributed by atoms with Gasteiger partial charge in [0.15, 0.2) is 0 Å². The first-order chi connectivity index (χ1) is 7.84. The predicted octanol–water partition coefficient (Wildman–Crippen LogP) is 1.83. The minimum absolute atomic E-state index is 0.794. The van der Waals surface area contributed by atoms with Gasteiger partial charge in [-0.2, -0.15) is 0 Å². The molecule has 2 rings (SSSR count). The lowest BCUT2D eigenvalue weighted by Crippen LogP contribution is -2.19. The van der Waals surface area contributed by atoms with Gasteiger partial charge in [-0.3, -0.25) is 4.98 Å². The van der Waals surface area contributed by atoms with Crippen LogP contribution in [0.4, 0.5) is 0 Å². The zero-order chi connectivity index (χ0) is 11.2. The van der Waals surface area contributed by atoms with Gasteiger partial charge in [0.25, 0.3) is 0 Å². The van der Waals surface area contributed by atoms with Crippen LogP contribution >= 0.6 is 15.9 Å². The van der Waals surface area contributed by atoms with Gasteiger partial charge in [0.2, 0.25) is 0 Å². The summed E-state index contributed by atoms with van der Waals surface area (Å²) in [4.78, 5) is 8.27. The molecule has 0 aliphatic rings. The molecule has 0 saturated heterocycles. The zero-order valence-electron chi connectivity index (χ0n) is 8.81. The molecule has 4 nitrogen and oxygen atoms in total.